The van der Waals surface area contributed by atoms with Gasteiger partial charge in [-0.2, -0.15) is 0 Å². The van der Waals surface area contributed by atoms with Gasteiger partial charge in [-0.05, 0) is 42.5 Å². The monoisotopic (exact) mass is 389 g/mol. The number of phenolic OH excluding ortho intramolecular Hbond substituents is 2. The summed E-state index contributed by atoms with van der Waals surface area (Å²) >= 11 is 0. The molecule has 2 heterocycles. The highest BCUT2D eigenvalue weighted by atomic mass is 16.6. The van der Waals surface area contributed by atoms with Crippen LogP contribution in [0.3, 0.4) is 0 Å². The summed E-state index contributed by atoms with van der Waals surface area (Å²) in [6.07, 6.45) is 0. The first-order chi connectivity index (χ1) is 13.9. The minimum Gasteiger partial charge on any atom is -0.508 e. The van der Waals surface area contributed by atoms with E-state index in [0.29, 0.717) is 27.8 Å². The average molecular weight is 389 g/mol. The Morgan fingerprint density at radius 2 is 1.52 bits per heavy atom. The lowest BCUT2D eigenvalue weighted by atomic mass is 9.77. The van der Waals surface area contributed by atoms with E-state index in [1.807, 2.05) is 0 Å². The van der Waals surface area contributed by atoms with Gasteiger partial charge in [-0.15, -0.1) is 0 Å². The molecule has 0 fully saturated rings. The molecule has 0 unspecified atom stereocenters. The van der Waals surface area contributed by atoms with Crippen molar-refractivity contribution in [3.05, 3.63) is 82.4 Å². The molecule has 2 aliphatic rings. The van der Waals surface area contributed by atoms with Crippen molar-refractivity contribution in [3.63, 3.8) is 0 Å². The predicted octanol–water partition coefficient (Wildman–Crippen LogP) is 3.03. The summed E-state index contributed by atoms with van der Waals surface area (Å²) < 4.78 is 11.8. The van der Waals surface area contributed by atoms with Crippen LogP contribution >= 0.6 is 0 Å². The molecule has 0 radical (unpaired) electrons. The van der Waals surface area contributed by atoms with Crippen LogP contribution in [0.5, 0.6) is 23.0 Å². The molecule has 0 atom stereocenters. The van der Waals surface area contributed by atoms with Crippen molar-refractivity contribution in [1.82, 2.24) is 5.32 Å². The summed E-state index contributed by atoms with van der Waals surface area (Å²) in [5.41, 5.74) is 0.838. The van der Waals surface area contributed by atoms with Crippen LogP contribution in [-0.2, 0) is 10.3 Å². The Kier molecular flexibility index (Phi) is 3.39. The standard InChI is InChI=1S/C22H15NO6/c1-23-20(26)11-2-5-14-17(8-11)22(29-21(14)27)15-6-3-12(24)9-18(15)28-19-10-13(25)4-7-16(19)22/h2-10,24-25H,1H3,(H,23,26). The minimum absolute atomic E-state index is 0.0221. The molecule has 1 spiro atoms. The lowest BCUT2D eigenvalue weighted by Gasteiger charge is -2.36. The van der Waals surface area contributed by atoms with Gasteiger partial charge in [-0.1, -0.05) is 0 Å². The van der Waals surface area contributed by atoms with Crippen LogP contribution in [0.2, 0.25) is 0 Å². The summed E-state index contributed by atoms with van der Waals surface area (Å²) in [6.45, 7) is 0. The van der Waals surface area contributed by atoms with Gasteiger partial charge in [0.25, 0.3) is 5.91 Å². The number of amides is 1. The highest BCUT2D eigenvalue weighted by Crippen LogP contribution is 2.57. The van der Waals surface area contributed by atoms with Gasteiger partial charge in [0.05, 0.1) is 5.56 Å². The van der Waals surface area contributed by atoms with Crippen LogP contribution in [0.1, 0.15) is 37.4 Å². The number of carbonyl (C=O) groups excluding carboxylic acids is 2. The van der Waals surface area contributed by atoms with Gasteiger partial charge in [0.1, 0.15) is 23.0 Å². The second-order valence-corrected chi connectivity index (χ2v) is 6.87. The number of esters is 1. The van der Waals surface area contributed by atoms with E-state index >= 15 is 0 Å². The second-order valence-electron chi connectivity index (χ2n) is 6.87. The molecule has 1 amide bonds. The number of phenols is 2. The third kappa shape index (κ3) is 2.24. The number of aromatic hydroxyl groups is 2. The largest absolute Gasteiger partial charge is 0.508 e. The lowest BCUT2D eigenvalue weighted by molar-refractivity contribution is 0.0224. The average Bonchev–Trinajstić information content (AvgIpc) is 2.99. The number of ether oxygens (including phenoxy) is 2. The quantitative estimate of drug-likeness (QED) is 0.553. The maximum Gasteiger partial charge on any atom is 0.340 e. The molecule has 29 heavy (non-hydrogen) atoms. The van der Waals surface area contributed by atoms with Crippen molar-refractivity contribution in [2.24, 2.45) is 0 Å². The fraction of sp³-hybridized carbons (Fsp3) is 0.0909. The van der Waals surface area contributed by atoms with Crippen molar-refractivity contribution in [1.29, 1.82) is 0 Å². The minimum atomic E-state index is -1.37. The van der Waals surface area contributed by atoms with E-state index in [1.165, 1.54) is 31.3 Å². The van der Waals surface area contributed by atoms with Gasteiger partial charge in [-0.25, -0.2) is 4.79 Å². The lowest BCUT2D eigenvalue weighted by Crippen LogP contribution is -2.33. The fourth-order valence-corrected chi connectivity index (χ4v) is 3.98. The smallest absolute Gasteiger partial charge is 0.340 e. The molecule has 0 saturated heterocycles. The van der Waals surface area contributed by atoms with Crippen LogP contribution in [0.4, 0.5) is 0 Å². The number of nitrogens with one attached hydrogen (secondary N) is 1. The fourth-order valence-electron chi connectivity index (χ4n) is 3.98. The van der Waals surface area contributed by atoms with Crippen LogP contribution < -0.4 is 10.1 Å². The van der Waals surface area contributed by atoms with Crippen molar-refractivity contribution in [2.75, 3.05) is 7.05 Å². The van der Waals surface area contributed by atoms with Gasteiger partial charge < -0.3 is 25.0 Å². The van der Waals surface area contributed by atoms with Crippen molar-refractivity contribution in [2.45, 2.75) is 5.60 Å². The Morgan fingerprint density at radius 1 is 0.897 bits per heavy atom. The zero-order valence-electron chi connectivity index (χ0n) is 15.2. The molecule has 0 aromatic heterocycles. The van der Waals surface area contributed by atoms with Crippen LogP contribution in [0.15, 0.2) is 54.6 Å². The van der Waals surface area contributed by atoms with E-state index < -0.39 is 11.6 Å². The summed E-state index contributed by atoms with van der Waals surface area (Å²) in [5.74, 6) is -0.310. The van der Waals surface area contributed by atoms with E-state index in [0.717, 1.165) is 0 Å². The Balaban J connectivity index is 1.87. The summed E-state index contributed by atoms with van der Waals surface area (Å²) in [5, 5.41) is 22.4. The van der Waals surface area contributed by atoms with Crippen molar-refractivity contribution in [3.8, 4) is 23.0 Å². The summed E-state index contributed by atoms with van der Waals surface area (Å²) in [4.78, 5) is 25.0. The van der Waals surface area contributed by atoms with E-state index in [4.69, 9.17) is 9.47 Å². The number of hydrogen-bond acceptors (Lipinski definition) is 6. The first kappa shape index (κ1) is 17.1. The van der Waals surface area contributed by atoms with E-state index in [2.05, 4.69) is 5.32 Å². The molecule has 3 N–H and O–H groups in total. The molecule has 0 bridgehead atoms. The highest BCUT2D eigenvalue weighted by molar-refractivity contribution is 6.00. The molecular weight excluding hydrogens is 374 g/mol. The van der Waals surface area contributed by atoms with Gasteiger partial charge in [-0.3, -0.25) is 4.79 Å². The SMILES string of the molecule is CNC(=O)c1ccc2c(c1)C1(OC2=O)c2ccc(O)cc2Oc2cc(O)ccc21. The third-order valence-electron chi connectivity index (χ3n) is 5.26. The maximum atomic E-state index is 12.8. The Labute approximate surface area is 165 Å². The number of hydrogen-bond donors (Lipinski definition) is 3. The number of rotatable bonds is 1. The summed E-state index contributed by atoms with van der Waals surface area (Å²) in [6, 6.07) is 13.8. The molecule has 0 aliphatic carbocycles. The van der Waals surface area contributed by atoms with E-state index in [1.54, 1.807) is 30.3 Å². The summed E-state index contributed by atoms with van der Waals surface area (Å²) in [7, 11) is 1.53. The first-order valence-electron chi connectivity index (χ1n) is 8.89. The first-order valence-corrected chi connectivity index (χ1v) is 8.89. The van der Waals surface area contributed by atoms with Gasteiger partial charge >= 0.3 is 5.97 Å². The third-order valence-corrected chi connectivity index (χ3v) is 5.26. The zero-order valence-corrected chi connectivity index (χ0v) is 15.2. The molecule has 3 aromatic carbocycles. The molecule has 7 nitrogen and oxygen atoms in total. The van der Waals surface area contributed by atoms with Crippen LogP contribution in [0.25, 0.3) is 0 Å². The molecule has 2 aliphatic heterocycles. The second kappa shape index (κ2) is 5.75. The molecular formula is C22H15NO6. The van der Waals surface area contributed by atoms with Crippen LogP contribution in [-0.4, -0.2) is 29.1 Å². The van der Waals surface area contributed by atoms with E-state index in [9.17, 15) is 19.8 Å². The van der Waals surface area contributed by atoms with Crippen LogP contribution in [0, 0.1) is 0 Å². The number of carbonyl (C=O) groups is 2. The molecule has 144 valence electrons. The Hall–Kier alpha value is -4.00. The Morgan fingerprint density at radius 3 is 2.10 bits per heavy atom. The molecule has 5 rings (SSSR count). The van der Waals surface area contributed by atoms with Gasteiger partial charge in [0.2, 0.25) is 0 Å². The number of fused-ring (bicyclic) bond motifs is 6. The predicted molar refractivity (Wildman–Crippen MR) is 101 cm³/mol. The van der Waals surface area contributed by atoms with E-state index in [-0.39, 0.29) is 28.9 Å². The van der Waals surface area contributed by atoms with Gasteiger partial charge in [0, 0.05) is 41.4 Å². The Bertz CT molecular complexity index is 1160. The normalized spacial score (nSPS) is 15.0. The molecule has 7 heteroatoms. The molecule has 0 saturated carbocycles. The zero-order chi connectivity index (χ0) is 20.3. The maximum absolute atomic E-state index is 12.8. The molecule has 3 aromatic rings. The van der Waals surface area contributed by atoms with Gasteiger partial charge in [0.15, 0.2) is 5.60 Å². The van der Waals surface area contributed by atoms with Crippen molar-refractivity contribution < 1.29 is 29.3 Å². The number of benzene rings is 3. The highest BCUT2D eigenvalue weighted by Gasteiger charge is 2.53. The topological polar surface area (TPSA) is 105 Å². The van der Waals surface area contributed by atoms with Crippen molar-refractivity contribution >= 4 is 11.9 Å².